The highest BCUT2D eigenvalue weighted by Crippen LogP contribution is 2.26. The fraction of sp³-hybridized carbons (Fsp3) is 0.538. The maximum Gasteiger partial charge on any atom is 0.336 e. The Balaban J connectivity index is 5.35. The van der Waals surface area contributed by atoms with E-state index in [1.165, 1.54) is 20.8 Å². The van der Waals surface area contributed by atoms with E-state index in [1.54, 1.807) is 0 Å². The van der Waals surface area contributed by atoms with E-state index in [9.17, 15) is 19.8 Å². The lowest BCUT2D eigenvalue weighted by Crippen LogP contribution is -2.50. The van der Waals surface area contributed by atoms with Crippen molar-refractivity contribution in [3.05, 3.63) is 24.8 Å². The van der Waals surface area contributed by atoms with Gasteiger partial charge in [-0.25, -0.2) is 9.59 Å². The second kappa shape index (κ2) is 7.06. The zero-order chi connectivity index (χ0) is 15.2. The van der Waals surface area contributed by atoms with Crippen LogP contribution in [0.3, 0.4) is 0 Å². The molecule has 3 atom stereocenters. The van der Waals surface area contributed by atoms with Gasteiger partial charge in [0.2, 0.25) is 0 Å². The first-order chi connectivity index (χ1) is 8.64. The molecule has 0 aliphatic carbocycles. The Morgan fingerprint density at radius 2 is 1.84 bits per heavy atom. The lowest BCUT2D eigenvalue weighted by Gasteiger charge is -2.35. The highest BCUT2D eigenvalue weighted by atomic mass is 16.7. The average Bonchev–Trinajstić information content (AvgIpc) is 2.27. The summed E-state index contributed by atoms with van der Waals surface area (Å²) in [6, 6.07) is 0. The van der Waals surface area contributed by atoms with E-state index < -0.39 is 29.9 Å². The van der Waals surface area contributed by atoms with Crippen LogP contribution < -0.4 is 0 Å². The molecule has 0 aromatic rings. The van der Waals surface area contributed by atoms with E-state index in [4.69, 9.17) is 9.47 Å². The van der Waals surface area contributed by atoms with Gasteiger partial charge >= 0.3 is 11.9 Å². The zero-order valence-electron chi connectivity index (χ0n) is 11.4. The van der Waals surface area contributed by atoms with Gasteiger partial charge in [-0.05, 0) is 20.8 Å². The first-order valence-electron chi connectivity index (χ1n) is 5.75. The van der Waals surface area contributed by atoms with Crippen molar-refractivity contribution in [1.29, 1.82) is 0 Å². The Morgan fingerprint density at radius 1 is 1.32 bits per heavy atom. The lowest BCUT2D eigenvalue weighted by atomic mass is 10.0. The number of aliphatic hydroxyl groups is 2. The maximum atomic E-state index is 11.6. The van der Waals surface area contributed by atoms with Crippen molar-refractivity contribution < 1.29 is 29.3 Å². The predicted molar refractivity (Wildman–Crippen MR) is 67.9 cm³/mol. The van der Waals surface area contributed by atoms with E-state index in [-0.39, 0.29) is 12.0 Å². The van der Waals surface area contributed by atoms with Gasteiger partial charge in [0.05, 0.1) is 12.5 Å². The van der Waals surface area contributed by atoms with E-state index in [0.717, 1.165) is 6.08 Å². The van der Waals surface area contributed by atoms with E-state index in [0.29, 0.717) is 0 Å². The second-order valence-electron chi connectivity index (χ2n) is 4.34. The van der Waals surface area contributed by atoms with E-state index in [2.05, 4.69) is 13.2 Å². The van der Waals surface area contributed by atoms with Crippen LogP contribution in [-0.2, 0) is 19.1 Å². The largest absolute Gasteiger partial charge is 0.416 e. The van der Waals surface area contributed by atoms with Crippen LogP contribution >= 0.6 is 0 Å². The molecule has 19 heavy (non-hydrogen) atoms. The summed E-state index contributed by atoms with van der Waals surface area (Å²) < 4.78 is 9.93. The molecule has 0 aromatic heterocycles. The number of rotatable bonds is 7. The molecule has 0 heterocycles. The number of carbonyl (C=O) groups excluding carboxylic acids is 2. The minimum absolute atomic E-state index is 0.0743. The third kappa shape index (κ3) is 5.23. The third-order valence-electron chi connectivity index (χ3n) is 2.27. The minimum atomic E-state index is -1.98. The fourth-order valence-corrected chi connectivity index (χ4v) is 1.31. The fourth-order valence-electron chi connectivity index (χ4n) is 1.31. The van der Waals surface area contributed by atoms with E-state index >= 15 is 0 Å². The van der Waals surface area contributed by atoms with Crippen LogP contribution in [0.4, 0.5) is 0 Å². The maximum absolute atomic E-state index is 11.6. The second-order valence-corrected chi connectivity index (χ2v) is 4.34. The van der Waals surface area contributed by atoms with Crippen molar-refractivity contribution in [2.45, 2.75) is 45.2 Å². The molecule has 0 amide bonds. The van der Waals surface area contributed by atoms with Crippen LogP contribution in [0.5, 0.6) is 0 Å². The number of aliphatic hydroxyl groups excluding tert-OH is 2. The Hall–Kier alpha value is -1.66. The molecule has 0 saturated carbocycles. The molecule has 0 saturated heterocycles. The van der Waals surface area contributed by atoms with Gasteiger partial charge < -0.3 is 19.7 Å². The SMILES string of the molecule is C=CC(=O)OC(CC(C)O)(OC(=O)C(=C)C)C(C)O. The van der Waals surface area contributed by atoms with Gasteiger partial charge in [0.25, 0.3) is 5.79 Å². The molecule has 0 spiro atoms. The molecule has 0 rings (SSSR count). The highest BCUT2D eigenvalue weighted by Gasteiger charge is 2.44. The summed E-state index contributed by atoms with van der Waals surface area (Å²) >= 11 is 0. The van der Waals surface area contributed by atoms with Gasteiger partial charge in [-0.15, -0.1) is 0 Å². The van der Waals surface area contributed by atoms with Crippen molar-refractivity contribution in [2.24, 2.45) is 0 Å². The predicted octanol–water partition coefficient (Wildman–Crippen LogP) is 0.683. The Kier molecular flexibility index (Phi) is 6.44. The number of esters is 2. The van der Waals surface area contributed by atoms with Gasteiger partial charge in [-0.3, -0.25) is 0 Å². The molecule has 2 N–H and O–H groups in total. The molecule has 6 heteroatoms. The van der Waals surface area contributed by atoms with Crippen molar-refractivity contribution in [1.82, 2.24) is 0 Å². The summed E-state index contributed by atoms with van der Waals surface area (Å²) in [5, 5.41) is 19.2. The number of ether oxygens (including phenoxy) is 2. The van der Waals surface area contributed by atoms with Crippen molar-refractivity contribution in [2.75, 3.05) is 0 Å². The molecule has 0 bridgehead atoms. The van der Waals surface area contributed by atoms with E-state index in [1.807, 2.05) is 0 Å². The number of hydrogen-bond acceptors (Lipinski definition) is 6. The van der Waals surface area contributed by atoms with Crippen LogP contribution in [0.25, 0.3) is 0 Å². The normalized spacial score (nSPS) is 16.7. The summed E-state index contributed by atoms with van der Waals surface area (Å²) in [6.45, 7) is 10.7. The summed E-state index contributed by atoms with van der Waals surface area (Å²) in [5.74, 6) is -3.69. The first-order valence-corrected chi connectivity index (χ1v) is 5.75. The zero-order valence-corrected chi connectivity index (χ0v) is 11.4. The average molecular weight is 272 g/mol. The van der Waals surface area contributed by atoms with Gasteiger partial charge in [-0.1, -0.05) is 13.2 Å². The van der Waals surface area contributed by atoms with Gasteiger partial charge in [-0.2, -0.15) is 0 Å². The van der Waals surface area contributed by atoms with Gasteiger partial charge in [0.15, 0.2) is 0 Å². The number of carbonyl (C=O) groups is 2. The molecular weight excluding hydrogens is 252 g/mol. The topological polar surface area (TPSA) is 93.1 Å². The molecule has 6 nitrogen and oxygen atoms in total. The van der Waals surface area contributed by atoms with Gasteiger partial charge in [0, 0.05) is 11.6 Å². The van der Waals surface area contributed by atoms with Crippen molar-refractivity contribution in [3.63, 3.8) is 0 Å². The minimum Gasteiger partial charge on any atom is -0.416 e. The summed E-state index contributed by atoms with van der Waals surface area (Å²) in [7, 11) is 0. The van der Waals surface area contributed by atoms with Gasteiger partial charge in [0.1, 0.15) is 6.10 Å². The first kappa shape index (κ1) is 17.3. The summed E-state index contributed by atoms with van der Waals surface area (Å²) in [4.78, 5) is 22.9. The lowest BCUT2D eigenvalue weighted by molar-refractivity contribution is -0.262. The Bertz CT molecular complexity index is 371. The van der Waals surface area contributed by atoms with Crippen LogP contribution in [0.15, 0.2) is 24.8 Å². The van der Waals surface area contributed by atoms with Crippen LogP contribution in [-0.4, -0.2) is 40.1 Å². The molecule has 0 aromatic carbocycles. The summed E-state index contributed by atoms with van der Waals surface area (Å²) in [6.07, 6.45) is -1.71. The summed E-state index contributed by atoms with van der Waals surface area (Å²) in [5.41, 5.74) is 0.0743. The quantitative estimate of drug-likeness (QED) is 0.402. The molecule has 108 valence electrons. The van der Waals surface area contributed by atoms with Crippen LogP contribution in [0, 0.1) is 0 Å². The van der Waals surface area contributed by atoms with Crippen molar-refractivity contribution in [3.8, 4) is 0 Å². The van der Waals surface area contributed by atoms with Crippen LogP contribution in [0.1, 0.15) is 27.2 Å². The smallest absolute Gasteiger partial charge is 0.336 e. The Morgan fingerprint density at radius 3 is 2.16 bits per heavy atom. The molecule has 0 fully saturated rings. The molecule has 3 unspecified atom stereocenters. The highest BCUT2D eigenvalue weighted by molar-refractivity contribution is 5.87. The van der Waals surface area contributed by atoms with Crippen LogP contribution in [0.2, 0.25) is 0 Å². The monoisotopic (exact) mass is 272 g/mol. The molecular formula is C13H20O6. The number of hydrogen-bond donors (Lipinski definition) is 2. The Labute approximate surface area is 112 Å². The van der Waals surface area contributed by atoms with Crippen molar-refractivity contribution >= 4 is 11.9 Å². The molecule has 0 aliphatic heterocycles. The third-order valence-corrected chi connectivity index (χ3v) is 2.27. The standard InChI is InChI=1S/C13H20O6/c1-6-11(16)18-13(10(5)15,7-9(4)14)19-12(17)8(2)3/h6,9-10,14-15H,1-2,7H2,3-5H3. The molecule has 0 aliphatic rings. The molecule has 0 radical (unpaired) electrons.